The lowest BCUT2D eigenvalue weighted by atomic mass is 10.1. The van der Waals surface area contributed by atoms with Crippen LogP contribution >= 0.6 is 0 Å². The number of hydrogen-bond acceptors (Lipinski definition) is 5. The van der Waals surface area contributed by atoms with E-state index in [1.165, 1.54) is 0 Å². The van der Waals surface area contributed by atoms with Crippen molar-refractivity contribution in [1.29, 1.82) is 0 Å². The van der Waals surface area contributed by atoms with Crippen LogP contribution < -0.4 is 14.2 Å². The standard InChI is InChI=1S/C21H29NO4/c1-15-8-6-9-16(2)20(15)26-14-18(23)13-22(3)12-17-10-7-11-19(24-4)21(17)25-5/h6-11,18,23H,12-14H2,1-5H3/t18-/m1/s1. The van der Waals surface area contributed by atoms with Crippen LogP contribution in [-0.4, -0.2) is 50.5 Å². The Hall–Kier alpha value is -2.24. The Labute approximate surface area is 156 Å². The van der Waals surface area contributed by atoms with Crippen LogP contribution in [0.1, 0.15) is 16.7 Å². The van der Waals surface area contributed by atoms with Gasteiger partial charge in [-0.25, -0.2) is 0 Å². The molecular formula is C21H29NO4. The number of ether oxygens (including phenoxy) is 3. The van der Waals surface area contributed by atoms with E-state index in [0.29, 0.717) is 18.8 Å². The van der Waals surface area contributed by atoms with Gasteiger partial charge in [-0.05, 0) is 38.1 Å². The van der Waals surface area contributed by atoms with E-state index >= 15 is 0 Å². The zero-order valence-electron chi connectivity index (χ0n) is 16.3. The predicted octanol–water partition coefficient (Wildman–Crippen LogP) is 3.19. The molecule has 0 bridgehead atoms. The summed E-state index contributed by atoms with van der Waals surface area (Å²) in [6, 6.07) is 11.8. The van der Waals surface area contributed by atoms with Crippen LogP contribution in [0.4, 0.5) is 0 Å². The van der Waals surface area contributed by atoms with Gasteiger partial charge in [0, 0.05) is 18.7 Å². The third-order valence-corrected chi connectivity index (χ3v) is 4.28. The fraction of sp³-hybridized carbons (Fsp3) is 0.429. The summed E-state index contributed by atoms with van der Waals surface area (Å²) in [5.74, 6) is 2.28. The molecule has 0 amide bonds. The smallest absolute Gasteiger partial charge is 0.165 e. The average molecular weight is 359 g/mol. The van der Waals surface area contributed by atoms with Crippen molar-refractivity contribution >= 4 is 0 Å². The van der Waals surface area contributed by atoms with Gasteiger partial charge in [-0.3, -0.25) is 4.90 Å². The molecule has 0 spiro atoms. The van der Waals surface area contributed by atoms with Crippen LogP contribution in [0.3, 0.4) is 0 Å². The Morgan fingerprint density at radius 2 is 1.62 bits per heavy atom. The Bertz CT molecular complexity index is 697. The summed E-state index contributed by atoms with van der Waals surface area (Å²) in [5.41, 5.74) is 3.16. The molecule has 0 heterocycles. The van der Waals surface area contributed by atoms with Crippen molar-refractivity contribution in [3.05, 3.63) is 53.1 Å². The van der Waals surface area contributed by atoms with Crippen LogP contribution in [0.5, 0.6) is 17.2 Å². The van der Waals surface area contributed by atoms with Crippen molar-refractivity contribution in [2.75, 3.05) is 34.4 Å². The number of aryl methyl sites for hydroxylation is 2. The highest BCUT2D eigenvalue weighted by Gasteiger charge is 2.15. The van der Waals surface area contributed by atoms with E-state index in [9.17, 15) is 5.11 Å². The van der Waals surface area contributed by atoms with E-state index in [4.69, 9.17) is 14.2 Å². The van der Waals surface area contributed by atoms with Gasteiger partial charge in [0.1, 0.15) is 18.5 Å². The quantitative estimate of drug-likeness (QED) is 0.745. The largest absolute Gasteiger partial charge is 0.493 e. The minimum atomic E-state index is -0.587. The fourth-order valence-electron chi connectivity index (χ4n) is 3.05. The molecule has 0 saturated heterocycles. The highest BCUT2D eigenvalue weighted by molar-refractivity contribution is 5.46. The molecule has 2 aromatic carbocycles. The van der Waals surface area contributed by atoms with Crippen molar-refractivity contribution in [2.45, 2.75) is 26.5 Å². The van der Waals surface area contributed by atoms with E-state index in [0.717, 1.165) is 28.2 Å². The SMILES string of the molecule is COc1cccc(CN(C)C[C@@H](O)COc2c(C)cccc2C)c1OC. The summed E-state index contributed by atoms with van der Waals surface area (Å²) in [6.45, 7) is 5.41. The molecule has 5 heteroatoms. The van der Waals surface area contributed by atoms with Crippen LogP contribution in [0.15, 0.2) is 36.4 Å². The number of rotatable bonds is 9. The number of methoxy groups -OCH3 is 2. The molecule has 0 fully saturated rings. The predicted molar refractivity (Wildman–Crippen MR) is 103 cm³/mol. The molecule has 2 rings (SSSR count). The van der Waals surface area contributed by atoms with Crippen molar-refractivity contribution < 1.29 is 19.3 Å². The first kappa shape index (κ1) is 20.1. The van der Waals surface area contributed by atoms with E-state index in [1.54, 1.807) is 14.2 Å². The van der Waals surface area contributed by atoms with E-state index in [2.05, 4.69) is 0 Å². The highest BCUT2D eigenvalue weighted by atomic mass is 16.5. The molecule has 0 aromatic heterocycles. The Kier molecular flexibility index (Phi) is 7.30. The molecule has 0 aliphatic carbocycles. The number of nitrogens with zero attached hydrogens (tertiary/aromatic N) is 1. The van der Waals surface area contributed by atoms with Gasteiger partial charge in [0.15, 0.2) is 11.5 Å². The average Bonchev–Trinajstić information content (AvgIpc) is 2.60. The normalized spacial score (nSPS) is 12.1. The number of benzene rings is 2. The zero-order valence-corrected chi connectivity index (χ0v) is 16.3. The maximum Gasteiger partial charge on any atom is 0.165 e. The number of aliphatic hydroxyl groups excluding tert-OH is 1. The first-order valence-electron chi connectivity index (χ1n) is 8.71. The van der Waals surface area contributed by atoms with Gasteiger partial charge in [-0.1, -0.05) is 30.3 Å². The molecule has 0 aliphatic rings. The molecule has 0 saturated carbocycles. The summed E-state index contributed by atoms with van der Waals surface area (Å²) < 4.78 is 16.6. The fourth-order valence-corrected chi connectivity index (χ4v) is 3.05. The van der Waals surface area contributed by atoms with Crippen LogP contribution in [0, 0.1) is 13.8 Å². The molecule has 0 aliphatic heterocycles. The molecule has 0 radical (unpaired) electrons. The summed E-state index contributed by atoms with van der Waals surface area (Å²) in [5, 5.41) is 10.3. The highest BCUT2D eigenvalue weighted by Crippen LogP contribution is 2.31. The molecule has 142 valence electrons. The topological polar surface area (TPSA) is 51.2 Å². The molecular weight excluding hydrogens is 330 g/mol. The van der Waals surface area contributed by atoms with Gasteiger partial charge in [-0.15, -0.1) is 0 Å². The summed E-state index contributed by atoms with van der Waals surface area (Å²) in [4.78, 5) is 2.04. The van der Waals surface area contributed by atoms with Gasteiger partial charge in [0.05, 0.1) is 14.2 Å². The monoisotopic (exact) mass is 359 g/mol. The van der Waals surface area contributed by atoms with Crippen molar-refractivity contribution in [3.63, 3.8) is 0 Å². The van der Waals surface area contributed by atoms with Gasteiger partial charge < -0.3 is 19.3 Å². The van der Waals surface area contributed by atoms with E-state index < -0.39 is 6.10 Å². The second kappa shape index (κ2) is 9.46. The van der Waals surface area contributed by atoms with Gasteiger partial charge in [-0.2, -0.15) is 0 Å². The van der Waals surface area contributed by atoms with E-state index in [-0.39, 0.29) is 6.61 Å². The summed E-state index contributed by atoms with van der Waals surface area (Å²) >= 11 is 0. The molecule has 1 N–H and O–H groups in total. The van der Waals surface area contributed by atoms with Crippen molar-refractivity contribution in [1.82, 2.24) is 4.90 Å². The number of hydrogen-bond donors (Lipinski definition) is 1. The summed E-state index contributed by atoms with van der Waals surface area (Å²) in [6.07, 6.45) is -0.587. The van der Waals surface area contributed by atoms with Gasteiger partial charge in [0.25, 0.3) is 0 Å². The second-order valence-electron chi connectivity index (χ2n) is 6.54. The minimum absolute atomic E-state index is 0.255. The minimum Gasteiger partial charge on any atom is -0.493 e. The Balaban J connectivity index is 1.92. The number of likely N-dealkylation sites (N-methyl/N-ethyl adjacent to an activating group) is 1. The third-order valence-electron chi connectivity index (χ3n) is 4.28. The molecule has 2 aromatic rings. The van der Waals surface area contributed by atoms with Gasteiger partial charge in [0.2, 0.25) is 0 Å². The maximum absolute atomic E-state index is 10.3. The van der Waals surface area contributed by atoms with Crippen LogP contribution in [-0.2, 0) is 6.54 Å². The molecule has 0 unspecified atom stereocenters. The molecule has 1 atom stereocenters. The second-order valence-corrected chi connectivity index (χ2v) is 6.54. The number of para-hydroxylation sites is 2. The zero-order chi connectivity index (χ0) is 19.1. The lowest BCUT2D eigenvalue weighted by molar-refractivity contribution is 0.0736. The lowest BCUT2D eigenvalue weighted by Crippen LogP contribution is -2.33. The lowest BCUT2D eigenvalue weighted by Gasteiger charge is -2.23. The first-order chi connectivity index (χ1) is 12.5. The van der Waals surface area contributed by atoms with Crippen molar-refractivity contribution in [2.24, 2.45) is 0 Å². The number of aliphatic hydroxyl groups is 1. The molecule has 26 heavy (non-hydrogen) atoms. The van der Waals surface area contributed by atoms with Gasteiger partial charge >= 0.3 is 0 Å². The molecule has 5 nitrogen and oxygen atoms in total. The first-order valence-corrected chi connectivity index (χ1v) is 8.71. The van der Waals surface area contributed by atoms with Crippen molar-refractivity contribution in [3.8, 4) is 17.2 Å². The Morgan fingerprint density at radius 1 is 0.962 bits per heavy atom. The van der Waals surface area contributed by atoms with Crippen LogP contribution in [0.25, 0.3) is 0 Å². The van der Waals surface area contributed by atoms with Crippen LogP contribution in [0.2, 0.25) is 0 Å². The third kappa shape index (κ3) is 5.13. The Morgan fingerprint density at radius 3 is 2.23 bits per heavy atom. The summed E-state index contributed by atoms with van der Waals surface area (Å²) in [7, 11) is 5.22. The van der Waals surface area contributed by atoms with E-state index in [1.807, 2.05) is 62.2 Å². The maximum atomic E-state index is 10.3.